The van der Waals surface area contributed by atoms with E-state index in [2.05, 4.69) is 10.1 Å². The van der Waals surface area contributed by atoms with Crippen LogP contribution in [-0.2, 0) is 11.3 Å². The molecule has 92 valence electrons. The Morgan fingerprint density at radius 3 is 2.71 bits per heavy atom. The van der Waals surface area contributed by atoms with Crippen LogP contribution >= 0.6 is 12.2 Å². The molecule has 0 bridgehead atoms. The number of thiocarbonyl (C=S) groups is 1. The SMILES string of the molecule is NC(=S)c1ncn(CC(=O)N2CCCCC2)n1. The van der Waals surface area contributed by atoms with Crippen LogP contribution < -0.4 is 5.73 Å². The largest absolute Gasteiger partial charge is 0.387 e. The number of nitrogens with zero attached hydrogens (tertiary/aromatic N) is 4. The van der Waals surface area contributed by atoms with Crippen molar-refractivity contribution in [3.63, 3.8) is 0 Å². The summed E-state index contributed by atoms with van der Waals surface area (Å²) in [5.41, 5.74) is 5.40. The first-order valence-corrected chi connectivity index (χ1v) is 6.04. The van der Waals surface area contributed by atoms with Gasteiger partial charge in [-0.05, 0) is 19.3 Å². The standard InChI is InChI=1S/C10H15N5OS/c11-9(17)10-12-7-15(13-10)6-8(16)14-4-2-1-3-5-14/h7H,1-6H2,(H2,11,17). The van der Waals surface area contributed by atoms with Crippen LogP contribution in [0.4, 0.5) is 0 Å². The third kappa shape index (κ3) is 3.00. The molecule has 0 spiro atoms. The number of nitrogens with two attached hydrogens (primary N) is 1. The zero-order valence-electron chi connectivity index (χ0n) is 9.50. The molecular weight excluding hydrogens is 238 g/mol. The molecule has 1 aliphatic rings. The predicted octanol–water partition coefficient (Wildman–Crippen LogP) is -0.0752. The fourth-order valence-corrected chi connectivity index (χ4v) is 1.96. The zero-order chi connectivity index (χ0) is 12.3. The van der Waals surface area contributed by atoms with Gasteiger partial charge in [0, 0.05) is 13.1 Å². The number of hydrogen-bond donors (Lipinski definition) is 1. The Morgan fingerprint density at radius 2 is 2.12 bits per heavy atom. The van der Waals surface area contributed by atoms with Gasteiger partial charge in [0.25, 0.3) is 0 Å². The van der Waals surface area contributed by atoms with Crippen molar-refractivity contribution < 1.29 is 4.79 Å². The van der Waals surface area contributed by atoms with Gasteiger partial charge in [0.05, 0.1) is 0 Å². The first kappa shape index (κ1) is 12.0. The van der Waals surface area contributed by atoms with E-state index in [-0.39, 0.29) is 17.4 Å². The maximum Gasteiger partial charge on any atom is 0.244 e. The van der Waals surface area contributed by atoms with Crippen molar-refractivity contribution in [1.29, 1.82) is 0 Å². The lowest BCUT2D eigenvalue weighted by atomic mass is 10.1. The molecule has 1 aromatic heterocycles. The zero-order valence-corrected chi connectivity index (χ0v) is 10.3. The second kappa shape index (κ2) is 5.22. The Bertz CT molecular complexity index is 424. The monoisotopic (exact) mass is 253 g/mol. The van der Waals surface area contributed by atoms with Crippen LogP contribution in [0, 0.1) is 0 Å². The second-order valence-corrected chi connectivity index (χ2v) is 4.51. The van der Waals surface area contributed by atoms with Crippen LogP contribution in [0.3, 0.4) is 0 Å². The lowest BCUT2D eigenvalue weighted by Gasteiger charge is -2.26. The third-order valence-electron chi connectivity index (χ3n) is 2.76. The molecule has 17 heavy (non-hydrogen) atoms. The Labute approximate surface area is 105 Å². The van der Waals surface area contributed by atoms with Gasteiger partial charge in [0.1, 0.15) is 17.9 Å². The molecule has 2 N–H and O–H groups in total. The maximum absolute atomic E-state index is 11.9. The molecule has 1 fully saturated rings. The van der Waals surface area contributed by atoms with Crippen LogP contribution in [-0.4, -0.2) is 43.6 Å². The summed E-state index contributed by atoms with van der Waals surface area (Å²) in [4.78, 5) is 17.9. The molecule has 0 aliphatic carbocycles. The summed E-state index contributed by atoms with van der Waals surface area (Å²) in [5, 5.41) is 4.04. The molecule has 0 atom stereocenters. The third-order valence-corrected chi connectivity index (χ3v) is 2.95. The van der Waals surface area contributed by atoms with Crippen LogP contribution in [0.5, 0.6) is 0 Å². The van der Waals surface area contributed by atoms with Gasteiger partial charge in [-0.15, -0.1) is 5.10 Å². The average Bonchev–Trinajstić information content (AvgIpc) is 2.79. The van der Waals surface area contributed by atoms with Crippen molar-refractivity contribution in [3.05, 3.63) is 12.2 Å². The Balaban J connectivity index is 1.94. The summed E-state index contributed by atoms with van der Waals surface area (Å²) in [5.74, 6) is 0.385. The Kier molecular flexibility index (Phi) is 3.68. The molecule has 2 heterocycles. The summed E-state index contributed by atoms with van der Waals surface area (Å²) in [6.45, 7) is 1.89. The van der Waals surface area contributed by atoms with Crippen LogP contribution in [0.2, 0.25) is 0 Å². The van der Waals surface area contributed by atoms with Gasteiger partial charge in [0.15, 0.2) is 0 Å². The molecule has 0 unspecified atom stereocenters. The van der Waals surface area contributed by atoms with Crippen molar-refractivity contribution >= 4 is 23.1 Å². The highest BCUT2D eigenvalue weighted by Gasteiger charge is 2.17. The van der Waals surface area contributed by atoms with E-state index in [1.807, 2.05) is 4.90 Å². The van der Waals surface area contributed by atoms with E-state index in [0.717, 1.165) is 25.9 Å². The van der Waals surface area contributed by atoms with E-state index < -0.39 is 0 Å². The number of hydrogen-bond acceptors (Lipinski definition) is 4. The highest BCUT2D eigenvalue weighted by atomic mass is 32.1. The van der Waals surface area contributed by atoms with E-state index in [0.29, 0.717) is 5.82 Å². The smallest absolute Gasteiger partial charge is 0.244 e. The van der Waals surface area contributed by atoms with Crippen LogP contribution in [0.1, 0.15) is 25.1 Å². The number of piperidine rings is 1. The first-order valence-electron chi connectivity index (χ1n) is 5.64. The molecule has 0 saturated carbocycles. The van der Waals surface area contributed by atoms with E-state index in [4.69, 9.17) is 18.0 Å². The van der Waals surface area contributed by atoms with Crippen molar-refractivity contribution in [2.24, 2.45) is 5.73 Å². The van der Waals surface area contributed by atoms with Gasteiger partial charge in [0.2, 0.25) is 11.7 Å². The number of likely N-dealkylation sites (tertiary alicyclic amines) is 1. The fraction of sp³-hybridized carbons (Fsp3) is 0.600. The summed E-state index contributed by atoms with van der Waals surface area (Å²) in [6, 6.07) is 0. The van der Waals surface area contributed by atoms with E-state index in [9.17, 15) is 4.79 Å². The van der Waals surface area contributed by atoms with E-state index >= 15 is 0 Å². The van der Waals surface area contributed by atoms with Gasteiger partial charge >= 0.3 is 0 Å². The second-order valence-electron chi connectivity index (χ2n) is 4.07. The summed E-state index contributed by atoms with van der Waals surface area (Å²) >= 11 is 4.76. The fourth-order valence-electron chi connectivity index (χ4n) is 1.87. The summed E-state index contributed by atoms with van der Waals surface area (Å²) in [6.07, 6.45) is 4.86. The van der Waals surface area contributed by atoms with Crippen molar-refractivity contribution in [1.82, 2.24) is 19.7 Å². The molecular formula is C10H15N5OS. The van der Waals surface area contributed by atoms with Gasteiger partial charge in [-0.2, -0.15) is 0 Å². The highest BCUT2D eigenvalue weighted by molar-refractivity contribution is 7.80. The van der Waals surface area contributed by atoms with Gasteiger partial charge in [-0.1, -0.05) is 12.2 Å². The number of carbonyl (C=O) groups is 1. The van der Waals surface area contributed by atoms with Crippen molar-refractivity contribution in [2.75, 3.05) is 13.1 Å². The van der Waals surface area contributed by atoms with E-state index in [1.165, 1.54) is 17.4 Å². The predicted molar refractivity (Wildman–Crippen MR) is 66.3 cm³/mol. The lowest BCUT2D eigenvalue weighted by Crippen LogP contribution is -2.37. The molecule has 6 nitrogen and oxygen atoms in total. The summed E-state index contributed by atoms with van der Waals surface area (Å²) in [7, 11) is 0. The van der Waals surface area contributed by atoms with Gasteiger partial charge in [-0.3, -0.25) is 4.79 Å². The minimum atomic E-state index is 0.0732. The lowest BCUT2D eigenvalue weighted by molar-refractivity contribution is -0.132. The molecule has 1 amide bonds. The van der Waals surface area contributed by atoms with Crippen LogP contribution in [0.25, 0.3) is 0 Å². The van der Waals surface area contributed by atoms with E-state index in [1.54, 1.807) is 0 Å². The highest BCUT2D eigenvalue weighted by Crippen LogP contribution is 2.09. The number of amides is 1. The Hall–Kier alpha value is -1.50. The number of carbonyl (C=O) groups excluding carboxylic acids is 1. The maximum atomic E-state index is 11.9. The molecule has 7 heteroatoms. The molecule has 0 aromatic carbocycles. The van der Waals surface area contributed by atoms with Crippen molar-refractivity contribution in [2.45, 2.75) is 25.8 Å². The summed E-state index contributed by atoms with van der Waals surface area (Å²) < 4.78 is 1.48. The average molecular weight is 253 g/mol. The minimum Gasteiger partial charge on any atom is -0.387 e. The normalized spacial score (nSPS) is 15.9. The molecule has 1 aromatic rings. The van der Waals surface area contributed by atoms with Gasteiger partial charge in [-0.25, -0.2) is 9.67 Å². The topological polar surface area (TPSA) is 77.0 Å². The number of rotatable bonds is 3. The Morgan fingerprint density at radius 1 is 1.41 bits per heavy atom. The molecule has 0 radical (unpaired) electrons. The molecule has 2 rings (SSSR count). The van der Waals surface area contributed by atoms with Crippen molar-refractivity contribution in [3.8, 4) is 0 Å². The minimum absolute atomic E-state index is 0.0732. The first-order chi connectivity index (χ1) is 8.16. The molecule has 1 saturated heterocycles. The van der Waals surface area contributed by atoms with Crippen LogP contribution in [0.15, 0.2) is 6.33 Å². The number of aromatic nitrogens is 3. The van der Waals surface area contributed by atoms with Gasteiger partial charge < -0.3 is 10.6 Å². The quantitative estimate of drug-likeness (QED) is 0.763. The molecule has 1 aliphatic heterocycles.